The Morgan fingerprint density at radius 1 is 1.20 bits per heavy atom. The molecule has 1 aliphatic heterocycles. The average Bonchev–Trinajstić information content (AvgIpc) is 3.31. The van der Waals surface area contributed by atoms with E-state index in [-0.39, 0.29) is 29.2 Å². The predicted molar refractivity (Wildman–Crippen MR) is 86.3 cm³/mol. The number of carbonyl (C=O) groups excluding carboxylic acids is 1. The Balaban J connectivity index is 1.58. The fraction of sp³-hybridized carbons (Fsp3) is 0.647. The number of aromatic nitrogens is 4. The van der Waals surface area contributed by atoms with E-state index >= 15 is 0 Å². The molecule has 3 heterocycles. The third-order valence-corrected chi connectivity index (χ3v) is 5.38. The van der Waals surface area contributed by atoms with Crippen LogP contribution in [0, 0.1) is 5.92 Å². The first kappa shape index (κ1) is 16.4. The van der Waals surface area contributed by atoms with Gasteiger partial charge in [0, 0.05) is 24.9 Å². The maximum absolute atomic E-state index is 13.4. The minimum absolute atomic E-state index is 0.0293. The van der Waals surface area contributed by atoms with Crippen LogP contribution < -0.4 is 0 Å². The minimum atomic E-state index is -2.65. The molecule has 1 aliphatic carbocycles. The normalized spacial score (nSPS) is 22.2. The average molecular weight is 349 g/mol. The molecule has 0 unspecified atom stereocenters. The highest BCUT2D eigenvalue weighted by Crippen LogP contribution is 2.32. The van der Waals surface area contributed by atoms with E-state index in [1.807, 2.05) is 4.90 Å². The Morgan fingerprint density at radius 3 is 2.76 bits per heavy atom. The summed E-state index contributed by atoms with van der Waals surface area (Å²) in [6.45, 7) is 1.30. The highest BCUT2D eigenvalue weighted by atomic mass is 19.3. The van der Waals surface area contributed by atoms with Crippen molar-refractivity contribution in [2.24, 2.45) is 5.92 Å². The predicted octanol–water partition coefficient (Wildman–Crippen LogP) is 2.96. The van der Waals surface area contributed by atoms with Gasteiger partial charge in [0.05, 0.1) is 5.69 Å². The molecular formula is C17H21F2N5O. The number of nitrogens with zero attached hydrogens (tertiary/aromatic N) is 5. The van der Waals surface area contributed by atoms with Crippen LogP contribution >= 0.6 is 0 Å². The Labute approximate surface area is 144 Å². The summed E-state index contributed by atoms with van der Waals surface area (Å²) in [5.74, 6) is 0.521. The number of amides is 1. The molecule has 1 atom stereocenters. The van der Waals surface area contributed by atoms with Crippen LogP contribution in [0.1, 0.15) is 62.3 Å². The van der Waals surface area contributed by atoms with Gasteiger partial charge in [-0.3, -0.25) is 4.79 Å². The van der Waals surface area contributed by atoms with Gasteiger partial charge < -0.3 is 4.90 Å². The summed E-state index contributed by atoms with van der Waals surface area (Å²) in [6.07, 6.45) is 4.48. The highest BCUT2D eigenvalue weighted by Gasteiger charge is 2.32. The summed E-state index contributed by atoms with van der Waals surface area (Å²) in [4.78, 5) is 23.0. The molecule has 2 aromatic heterocycles. The van der Waals surface area contributed by atoms with E-state index in [9.17, 15) is 13.6 Å². The molecule has 1 saturated carbocycles. The number of alkyl halides is 2. The Hall–Kier alpha value is -2.12. The second kappa shape index (κ2) is 6.65. The van der Waals surface area contributed by atoms with Crippen LogP contribution in [0.3, 0.4) is 0 Å². The molecule has 0 aromatic carbocycles. The summed E-state index contributed by atoms with van der Waals surface area (Å²) < 4.78 is 27.8. The van der Waals surface area contributed by atoms with Gasteiger partial charge in [-0.25, -0.2) is 13.8 Å². The number of piperidine rings is 1. The quantitative estimate of drug-likeness (QED) is 0.855. The van der Waals surface area contributed by atoms with E-state index in [4.69, 9.17) is 0 Å². The van der Waals surface area contributed by atoms with E-state index in [1.165, 1.54) is 12.4 Å². The molecule has 6 nitrogen and oxygen atoms in total. The van der Waals surface area contributed by atoms with Crippen molar-refractivity contribution in [3.05, 3.63) is 23.8 Å². The third-order valence-electron chi connectivity index (χ3n) is 5.38. The monoisotopic (exact) mass is 349 g/mol. The lowest BCUT2D eigenvalue weighted by Crippen LogP contribution is -2.42. The topological polar surface area (TPSA) is 63.4 Å². The van der Waals surface area contributed by atoms with E-state index in [2.05, 4.69) is 15.1 Å². The summed E-state index contributed by atoms with van der Waals surface area (Å²) in [6, 6.07) is 1.42. The number of rotatable bonds is 3. The van der Waals surface area contributed by atoms with Crippen molar-refractivity contribution in [3.63, 3.8) is 0 Å². The Bertz CT molecular complexity index is 771. The van der Waals surface area contributed by atoms with Crippen LogP contribution in [0.15, 0.2) is 12.4 Å². The molecule has 0 radical (unpaired) electrons. The molecule has 134 valence electrons. The van der Waals surface area contributed by atoms with Crippen molar-refractivity contribution in [1.29, 1.82) is 0 Å². The summed E-state index contributed by atoms with van der Waals surface area (Å²) in [7, 11) is 0. The van der Waals surface area contributed by atoms with Gasteiger partial charge in [0.2, 0.25) is 5.91 Å². The van der Waals surface area contributed by atoms with E-state index in [1.54, 1.807) is 0 Å². The SMILES string of the molecule is O=C(C1CCCC1)N1CCC[C@@H](c2cc(C(F)F)n3ncnc3n2)C1. The zero-order valence-corrected chi connectivity index (χ0v) is 13.9. The zero-order valence-electron chi connectivity index (χ0n) is 13.9. The van der Waals surface area contributed by atoms with Crippen LogP contribution in [0.2, 0.25) is 0 Å². The molecule has 1 amide bonds. The maximum Gasteiger partial charge on any atom is 0.280 e. The van der Waals surface area contributed by atoms with Gasteiger partial charge in [-0.2, -0.15) is 14.6 Å². The fourth-order valence-corrected chi connectivity index (χ4v) is 4.07. The second-order valence-corrected chi connectivity index (χ2v) is 6.98. The van der Waals surface area contributed by atoms with Crippen molar-refractivity contribution in [2.45, 2.75) is 50.9 Å². The molecule has 4 rings (SSSR count). The van der Waals surface area contributed by atoms with Gasteiger partial charge in [-0.05, 0) is 31.7 Å². The lowest BCUT2D eigenvalue weighted by Gasteiger charge is -2.34. The lowest BCUT2D eigenvalue weighted by atomic mass is 9.93. The zero-order chi connectivity index (χ0) is 17.4. The molecular weight excluding hydrogens is 328 g/mol. The Kier molecular flexibility index (Phi) is 4.35. The van der Waals surface area contributed by atoms with Crippen LogP contribution in [0.25, 0.3) is 5.78 Å². The van der Waals surface area contributed by atoms with Gasteiger partial charge in [0.1, 0.15) is 12.0 Å². The molecule has 8 heteroatoms. The first-order valence-electron chi connectivity index (χ1n) is 8.91. The number of hydrogen-bond donors (Lipinski definition) is 0. The second-order valence-electron chi connectivity index (χ2n) is 6.98. The molecule has 2 aromatic rings. The minimum Gasteiger partial charge on any atom is -0.342 e. The molecule has 2 fully saturated rings. The van der Waals surface area contributed by atoms with Crippen LogP contribution in [-0.2, 0) is 4.79 Å². The van der Waals surface area contributed by atoms with Crippen molar-refractivity contribution in [2.75, 3.05) is 13.1 Å². The first-order valence-corrected chi connectivity index (χ1v) is 8.91. The van der Waals surface area contributed by atoms with Gasteiger partial charge >= 0.3 is 0 Å². The standard InChI is InChI=1S/C17H21F2N5O/c18-15(19)14-8-13(22-17-20-10-21-24(14)17)12-6-3-7-23(9-12)16(25)11-4-1-2-5-11/h8,10-12,15H,1-7,9H2/t12-/m1/s1. The van der Waals surface area contributed by atoms with Gasteiger partial charge in [-0.15, -0.1) is 0 Å². The van der Waals surface area contributed by atoms with Gasteiger partial charge in [-0.1, -0.05) is 12.8 Å². The van der Waals surface area contributed by atoms with Crippen molar-refractivity contribution < 1.29 is 13.6 Å². The molecule has 25 heavy (non-hydrogen) atoms. The van der Waals surface area contributed by atoms with Crippen molar-refractivity contribution >= 4 is 11.7 Å². The third kappa shape index (κ3) is 3.09. The van der Waals surface area contributed by atoms with Crippen molar-refractivity contribution in [3.8, 4) is 0 Å². The largest absolute Gasteiger partial charge is 0.342 e. The van der Waals surface area contributed by atoms with Crippen molar-refractivity contribution in [1.82, 2.24) is 24.5 Å². The number of halogens is 2. The molecule has 2 aliphatic rings. The molecule has 1 saturated heterocycles. The molecule has 0 spiro atoms. The van der Waals surface area contributed by atoms with Gasteiger partial charge in [0.15, 0.2) is 0 Å². The Morgan fingerprint density at radius 2 is 2.00 bits per heavy atom. The maximum atomic E-state index is 13.4. The number of carbonyl (C=O) groups is 1. The van der Waals surface area contributed by atoms with Crippen LogP contribution in [-0.4, -0.2) is 43.5 Å². The van der Waals surface area contributed by atoms with Crippen LogP contribution in [0.4, 0.5) is 8.78 Å². The van der Waals surface area contributed by atoms with Crippen LogP contribution in [0.5, 0.6) is 0 Å². The number of likely N-dealkylation sites (tertiary alicyclic amines) is 1. The lowest BCUT2D eigenvalue weighted by molar-refractivity contribution is -0.136. The van der Waals surface area contributed by atoms with E-state index < -0.39 is 6.43 Å². The van der Waals surface area contributed by atoms with Gasteiger partial charge in [0.25, 0.3) is 12.2 Å². The highest BCUT2D eigenvalue weighted by molar-refractivity contribution is 5.79. The number of hydrogen-bond acceptors (Lipinski definition) is 4. The fourth-order valence-electron chi connectivity index (χ4n) is 4.07. The summed E-state index contributed by atoms with van der Waals surface area (Å²) >= 11 is 0. The summed E-state index contributed by atoms with van der Waals surface area (Å²) in [5, 5.41) is 3.82. The smallest absolute Gasteiger partial charge is 0.280 e. The van der Waals surface area contributed by atoms with E-state index in [0.717, 1.165) is 49.6 Å². The molecule has 0 bridgehead atoms. The van der Waals surface area contributed by atoms with E-state index in [0.29, 0.717) is 12.2 Å². The molecule has 0 N–H and O–H groups in total. The first-order chi connectivity index (χ1) is 12.1. The summed E-state index contributed by atoms with van der Waals surface area (Å²) in [5.41, 5.74) is 0.386. The number of fused-ring (bicyclic) bond motifs is 1.